The summed E-state index contributed by atoms with van der Waals surface area (Å²) in [5.74, 6) is 0.00794. The summed E-state index contributed by atoms with van der Waals surface area (Å²) in [4.78, 5) is 20.9. The van der Waals surface area contributed by atoms with Gasteiger partial charge < -0.3 is 19.7 Å². The van der Waals surface area contributed by atoms with Crippen molar-refractivity contribution in [3.8, 4) is 16.3 Å². The van der Waals surface area contributed by atoms with Gasteiger partial charge in [0.05, 0.1) is 23.2 Å². The van der Waals surface area contributed by atoms with Crippen molar-refractivity contribution in [3.63, 3.8) is 0 Å². The zero-order valence-corrected chi connectivity index (χ0v) is 18.1. The molecular weight excluding hydrogens is 419 g/mol. The van der Waals surface area contributed by atoms with Crippen LogP contribution >= 0.6 is 11.3 Å². The average Bonchev–Trinajstić information content (AvgIpc) is 3.29. The Morgan fingerprint density at radius 1 is 1.26 bits per heavy atom. The van der Waals surface area contributed by atoms with Gasteiger partial charge in [-0.15, -0.1) is 11.3 Å². The third-order valence-corrected chi connectivity index (χ3v) is 6.32. The molecule has 0 atom stereocenters. The monoisotopic (exact) mass is 440 g/mol. The molecule has 2 N–H and O–H groups in total. The third kappa shape index (κ3) is 3.96. The van der Waals surface area contributed by atoms with Gasteiger partial charge in [0.2, 0.25) is 0 Å². The van der Waals surface area contributed by atoms with Crippen LogP contribution in [0.25, 0.3) is 21.5 Å². The first-order valence-corrected chi connectivity index (χ1v) is 10.4. The van der Waals surface area contributed by atoms with E-state index in [1.54, 1.807) is 26.2 Å². The lowest BCUT2D eigenvalue weighted by molar-refractivity contribution is 0.0701. The van der Waals surface area contributed by atoms with Gasteiger partial charge in [-0.3, -0.25) is 0 Å². The summed E-state index contributed by atoms with van der Waals surface area (Å²) in [6, 6.07) is 8.55. The number of thiophene rings is 1. The molecule has 1 aromatic carbocycles. The van der Waals surface area contributed by atoms with Crippen molar-refractivity contribution in [2.45, 2.75) is 20.4 Å². The number of ether oxygens (including phenoxy) is 1. The number of hydrogen-bond donors (Lipinski definition) is 2. The molecule has 4 rings (SSSR count). The third-order valence-electron chi connectivity index (χ3n) is 5.07. The Morgan fingerprint density at radius 3 is 2.77 bits per heavy atom. The predicted molar refractivity (Wildman–Crippen MR) is 119 cm³/mol. The number of anilines is 1. The minimum atomic E-state index is -0.945. The van der Waals surface area contributed by atoms with E-state index < -0.39 is 5.97 Å². The molecule has 3 heterocycles. The number of carboxylic acid groups (broad SMARTS) is 1. The highest BCUT2D eigenvalue weighted by atomic mass is 32.1. The molecular formula is C22H21FN4O3S. The van der Waals surface area contributed by atoms with E-state index in [1.807, 2.05) is 23.6 Å². The van der Waals surface area contributed by atoms with E-state index in [4.69, 9.17) is 4.74 Å². The standard InChI is InChI=1S/C22H21FN4O3S/c1-12-8-18(31-21(12)22(28)29)16-10-19(26-11-25-16)24-6-7-27-13(2)9-14-17(30-3)5-4-15(23)20(14)27/h4-5,8-11H,6-7H2,1-3H3,(H,28,29)(H,24,25,26). The van der Waals surface area contributed by atoms with Gasteiger partial charge in [0.25, 0.3) is 0 Å². The highest BCUT2D eigenvalue weighted by Crippen LogP contribution is 2.32. The number of aryl methyl sites for hydroxylation is 2. The Hall–Kier alpha value is -3.46. The van der Waals surface area contributed by atoms with Gasteiger partial charge in [-0.1, -0.05) is 0 Å². The molecule has 160 valence electrons. The normalized spacial score (nSPS) is 11.1. The maximum Gasteiger partial charge on any atom is 0.346 e. The molecule has 0 fully saturated rings. The highest BCUT2D eigenvalue weighted by molar-refractivity contribution is 7.17. The van der Waals surface area contributed by atoms with E-state index >= 15 is 0 Å². The Bertz CT molecular complexity index is 1280. The molecule has 0 aliphatic carbocycles. The van der Waals surface area contributed by atoms with Crippen LogP contribution in [0.15, 0.2) is 36.7 Å². The number of halogens is 1. The van der Waals surface area contributed by atoms with E-state index in [0.717, 1.165) is 16.0 Å². The number of nitrogens with zero attached hydrogens (tertiary/aromatic N) is 3. The summed E-state index contributed by atoms with van der Waals surface area (Å²) in [7, 11) is 1.57. The van der Waals surface area contributed by atoms with Crippen molar-refractivity contribution in [1.29, 1.82) is 0 Å². The van der Waals surface area contributed by atoms with E-state index in [0.29, 0.717) is 46.3 Å². The smallest absolute Gasteiger partial charge is 0.346 e. The lowest BCUT2D eigenvalue weighted by atomic mass is 10.2. The molecule has 0 saturated heterocycles. The molecule has 3 aromatic heterocycles. The Kier molecular flexibility index (Phi) is 5.60. The van der Waals surface area contributed by atoms with Crippen LogP contribution in [-0.2, 0) is 6.54 Å². The summed E-state index contributed by atoms with van der Waals surface area (Å²) in [5.41, 5.74) is 2.79. The first kappa shape index (κ1) is 20.8. The average molecular weight is 441 g/mol. The summed E-state index contributed by atoms with van der Waals surface area (Å²) in [6.45, 7) is 4.74. The number of aromatic nitrogens is 3. The van der Waals surface area contributed by atoms with Gasteiger partial charge in [-0.05, 0) is 43.7 Å². The molecule has 0 spiro atoms. The molecule has 4 aromatic rings. The van der Waals surface area contributed by atoms with E-state index in [9.17, 15) is 14.3 Å². The SMILES string of the molecule is COc1ccc(F)c2c1cc(C)n2CCNc1cc(-c2cc(C)c(C(=O)O)s2)ncn1. The molecule has 0 saturated carbocycles. The Balaban J connectivity index is 1.53. The number of benzene rings is 1. The molecule has 0 aliphatic rings. The van der Waals surface area contributed by atoms with E-state index in [-0.39, 0.29) is 5.82 Å². The lowest BCUT2D eigenvalue weighted by Gasteiger charge is -2.11. The first-order chi connectivity index (χ1) is 14.9. The molecule has 0 aliphatic heterocycles. The van der Waals surface area contributed by atoms with Gasteiger partial charge in [0.1, 0.15) is 28.6 Å². The van der Waals surface area contributed by atoms with Crippen LogP contribution in [0.3, 0.4) is 0 Å². The van der Waals surface area contributed by atoms with Gasteiger partial charge >= 0.3 is 5.97 Å². The highest BCUT2D eigenvalue weighted by Gasteiger charge is 2.16. The van der Waals surface area contributed by atoms with Crippen molar-refractivity contribution in [2.24, 2.45) is 0 Å². The molecule has 31 heavy (non-hydrogen) atoms. The number of carbonyl (C=O) groups is 1. The summed E-state index contributed by atoms with van der Waals surface area (Å²) in [5, 5.41) is 13.2. The van der Waals surface area contributed by atoms with Crippen LogP contribution in [0, 0.1) is 19.7 Å². The maximum absolute atomic E-state index is 14.5. The van der Waals surface area contributed by atoms with Crippen LogP contribution < -0.4 is 10.1 Å². The fourth-order valence-corrected chi connectivity index (χ4v) is 4.59. The fraction of sp³-hybridized carbons (Fsp3) is 0.227. The summed E-state index contributed by atoms with van der Waals surface area (Å²) in [6.07, 6.45) is 1.44. The van der Waals surface area contributed by atoms with E-state index in [1.165, 1.54) is 23.7 Å². The largest absolute Gasteiger partial charge is 0.496 e. The number of fused-ring (bicyclic) bond motifs is 1. The minimum absolute atomic E-state index is 0.296. The van der Waals surface area contributed by atoms with Crippen molar-refractivity contribution in [2.75, 3.05) is 19.0 Å². The van der Waals surface area contributed by atoms with Crippen molar-refractivity contribution < 1.29 is 19.0 Å². The molecule has 0 bridgehead atoms. The molecule has 0 radical (unpaired) electrons. The van der Waals surface area contributed by atoms with Crippen LogP contribution in [0.5, 0.6) is 5.75 Å². The second-order valence-electron chi connectivity index (χ2n) is 7.09. The summed E-state index contributed by atoms with van der Waals surface area (Å²) >= 11 is 1.18. The second kappa shape index (κ2) is 8.35. The number of nitrogens with one attached hydrogen (secondary N) is 1. The number of carboxylic acids is 1. The van der Waals surface area contributed by atoms with Crippen LogP contribution in [0.1, 0.15) is 20.9 Å². The zero-order chi connectivity index (χ0) is 22.1. The van der Waals surface area contributed by atoms with Crippen molar-refractivity contribution in [3.05, 3.63) is 58.6 Å². The maximum atomic E-state index is 14.5. The quantitative estimate of drug-likeness (QED) is 0.432. The second-order valence-corrected chi connectivity index (χ2v) is 8.14. The van der Waals surface area contributed by atoms with Gasteiger partial charge in [-0.25, -0.2) is 19.2 Å². The Morgan fingerprint density at radius 2 is 2.06 bits per heavy atom. The zero-order valence-electron chi connectivity index (χ0n) is 17.3. The van der Waals surface area contributed by atoms with E-state index in [2.05, 4.69) is 15.3 Å². The van der Waals surface area contributed by atoms with Gasteiger partial charge in [0.15, 0.2) is 0 Å². The van der Waals surface area contributed by atoms with Crippen LogP contribution in [0.4, 0.5) is 10.2 Å². The van der Waals surface area contributed by atoms with Gasteiger partial charge in [-0.2, -0.15) is 0 Å². The predicted octanol–water partition coefficient (Wildman–Crippen LogP) is 4.73. The molecule has 0 unspecified atom stereocenters. The molecule has 9 heteroatoms. The van der Waals surface area contributed by atoms with Gasteiger partial charge in [0, 0.05) is 30.2 Å². The first-order valence-electron chi connectivity index (χ1n) is 9.61. The molecule has 7 nitrogen and oxygen atoms in total. The fourth-order valence-electron chi connectivity index (χ4n) is 3.61. The van der Waals surface area contributed by atoms with Crippen molar-refractivity contribution >= 4 is 34.0 Å². The summed E-state index contributed by atoms with van der Waals surface area (Å²) < 4.78 is 21.8. The number of hydrogen-bond acceptors (Lipinski definition) is 6. The van der Waals surface area contributed by atoms with Crippen LogP contribution in [-0.4, -0.2) is 39.3 Å². The number of aromatic carboxylic acids is 1. The number of methoxy groups -OCH3 is 1. The van der Waals surface area contributed by atoms with Crippen LogP contribution in [0.2, 0.25) is 0 Å². The van der Waals surface area contributed by atoms with Crippen molar-refractivity contribution in [1.82, 2.24) is 14.5 Å². The topological polar surface area (TPSA) is 89.3 Å². The molecule has 0 amide bonds. The lowest BCUT2D eigenvalue weighted by Crippen LogP contribution is -2.12. The minimum Gasteiger partial charge on any atom is -0.496 e. The Labute approximate surface area is 182 Å². The number of rotatable bonds is 7.